The van der Waals surface area contributed by atoms with E-state index in [0.717, 1.165) is 26.1 Å². The summed E-state index contributed by atoms with van der Waals surface area (Å²) in [6.07, 6.45) is 9.11. The molecule has 4 atom stereocenters. The molecule has 26 heavy (non-hydrogen) atoms. The molecular weight excluding hydrogens is 328 g/mol. The van der Waals surface area contributed by atoms with Crippen molar-refractivity contribution < 1.29 is 9.90 Å². The second-order valence-electron chi connectivity index (χ2n) is 8.74. The summed E-state index contributed by atoms with van der Waals surface area (Å²) in [7, 11) is 0. The van der Waals surface area contributed by atoms with Gasteiger partial charge >= 0.3 is 5.97 Å². The SMILES string of the molecule is C[C@H]1CCCNC2=NC(CCCCN(CC[C@H](N)C(=O)O)C3CC3)C21C. The molecule has 0 radical (unpaired) electrons. The minimum atomic E-state index is -0.890. The Labute approximate surface area is 157 Å². The van der Waals surface area contributed by atoms with Gasteiger partial charge in [0.2, 0.25) is 0 Å². The lowest BCUT2D eigenvalue weighted by Crippen LogP contribution is -2.56. The molecule has 0 spiro atoms. The summed E-state index contributed by atoms with van der Waals surface area (Å²) in [6, 6.07) is 0.393. The third-order valence-electron chi connectivity index (χ3n) is 6.90. The Kier molecular flexibility index (Phi) is 6.23. The number of fused-ring (bicyclic) bond motifs is 1. The summed E-state index contributed by atoms with van der Waals surface area (Å²) >= 11 is 0. The Bertz CT molecular complexity index is 534. The molecule has 0 aromatic carbocycles. The molecule has 0 amide bonds. The van der Waals surface area contributed by atoms with Gasteiger partial charge < -0.3 is 21.1 Å². The fourth-order valence-electron chi connectivity index (χ4n) is 4.60. The van der Waals surface area contributed by atoms with Crippen molar-refractivity contribution in [2.24, 2.45) is 22.1 Å². The molecule has 2 unspecified atom stereocenters. The standard InChI is InChI=1S/C20H36N4O2/c1-14-6-5-11-22-19-20(14,2)17(23-19)7-3-4-12-24(15-8-9-15)13-10-16(21)18(25)26/h14-17H,3-13,21H2,1-2H3,(H,22,23)(H,25,26)/t14-,16-,17?,20?/m0/s1. The number of hydrogen-bond donors (Lipinski definition) is 3. The van der Waals surface area contributed by atoms with Gasteiger partial charge in [-0.15, -0.1) is 0 Å². The Hall–Kier alpha value is -1.14. The van der Waals surface area contributed by atoms with Gasteiger partial charge in [0.1, 0.15) is 11.9 Å². The van der Waals surface area contributed by atoms with E-state index >= 15 is 0 Å². The van der Waals surface area contributed by atoms with Crippen LogP contribution < -0.4 is 11.1 Å². The number of hydrogen-bond acceptors (Lipinski definition) is 5. The monoisotopic (exact) mass is 364 g/mol. The minimum absolute atomic E-state index is 0.251. The summed E-state index contributed by atoms with van der Waals surface area (Å²) < 4.78 is 0. The van der Waals surface area contributed by atoms with Crippen LogP contribution in [0.15, 0.2) is 4.99 Å². The first-order valence-corrected chi connectivity index (χ1v) is 10.5. The van der Waals surface area contributed by atoms with Gasteiger partial charge in [0.05, 0.1) is 6.04 Å². The fourth-order valence-corrected chi connectivity index (χ4v) is 4.60. The molecule has 2 aliphatic heterocycles. The third kappa shape index (κ3) is 4.22. The van der Waals surface area contributed by atoms with Crippen molar-refractivity contribution in [3.05, 3.63) is 0 Å². The van der Waals surface area contributed by atoms with Crippen molar-refractivity contribution in [1.82, 2.24) is 10.2 Å². The van der Waals surface area contributed by atoms with Crippen LogP contribution in [-0.4, -0.2) is 59.6 Å². The van der Waals surface area contributed by atoms with E-state index in [0.29, 0.717) is 24.4 Å². The Balaban J connectivity index is 1.40. The highest BCUT2D eigenvalue weighted by Gasteiger charge is 2.50. The van der Waals surface area contributed by atoms with E-state index < -0.39 is 12.0 Å². The van der Waals surface area contributed by atoms with E-state index in [4.69, 9.17) is 15.8 Å². The molecule has 0 aromatic rings. The lowest BCUT2D eigenvalue weighted by Gasteiger charge is -2.47. The molecule has 1 saturated heterocycles. The number of nitrogens with two attached hydrogens (primary N) is 1. The molecule has 6 nitrogen and oxygen atoms in total. The number of aliphatic carboxylic acids is 1. The normalized spacial score (nSPS) is 32.1. The van der Waals surface area contributed by atoms with Crippen molar-refractivity contribution in [2.45, 2.75) is 83.3 Å². The van der Waals surface area contributed by atoms with Gasteiger partial charge in [-0.25, -0.2) is 0 Å². The van der Waals surface area contributed by atoms with Crippen molar-refractivity contribution in [3.8, 4) is 0 Å². The molecule has 3 aliphatic rings. The summed E-state index contributed by atoms with van der Waals surface area (Å²) in [5.41, 5.74) is 5.91. The molecule has 4 N–H and O–H groups in total. The highest BCUT2D eigenvalue weighted by molar-refractivity contribution is 5.93. The highest BCUT2D eigenvalue weighted by atomic mass is 16.4. The maximum Gasteiger partial charge on any atom is 0.320 e. The van der Waals surface area contributed by atoms with Gasteiger partial charge in [-0.05, 0) is 57.4 Å². The number of carboxylic acid groups (broad SMARTS) is 1. The van der Waals surface area contributed by atoms with Crippen LogP contribution in [0.3, 0.4) is 0 Å². The quantitative estimate of drug-likeness (QED) is 0.517. The fraction of sp³-hybridized carbons (Fsp3) is 0.900. The average Bonchev–Trinajstić information content (AvgIpc) is 3.44. The molecule has 1 saturated carbocycles. The van der Waals surface area contributed by atoms with Crippen molar-refractivity contribution in [3.63, 3.8) is 0 Å². The number of amidine groups is 1. The zero-order valence-corrected chi connectivity index (χ0v) is 16.4. The number of unbranched alkanes of at least 4 members (excludes halogenated alkanes) is 1. The molecule has 148 valence electrons. The van der Waals surface area contributed by atoms with Crippen molar-refractivity contribution in [2.75, 3.05) is 19.6 Å². The maximum atomic E-state index is 10.9. The van der Waals surface area contributed by atoms with Crippen LogP contribution in [0.4, 0.5) is 0 Å². The van der Waals surface area contributed by atoms with Crippen LogP contribution in [0.1, 0.15) is 65.2 Å². The third-order valence-corrected chi connectivity index (χ3v) is 6.90. The first-order valence-electron chi connectivity index (χ1n) is 10.5. The lowest BCUT2D eigenvalue weighted by atomic mass is 9.65. The number of nitrogens with zero attached hydrogens (tertiary/aromatic N) is 2. The van der Waals surface area contributed by atoms with Crippen LogP contribution in [0.2, 0.25) is 0 Å². The molecule has 2 fully saturated rings. The maximum absolute atomic E-state index is 10.9. The molecule has 3 rings (SSSR count). The van der Waals surface area contributed by atoms with Crippen LogP contribution in [0, 0.1) is 11.3 Å². The zero-order chi connectivity index (χ0) is 18.7. The molecule has 0 aromatic heterocycles. The van der Waals surface area contributed by atoms with E-state index in [2.05, 4.69) is 24.1 Å². The van der Waals surface area contributed by atoms with E-state index in [-0.39, 0.29) is 5.41 Å². The number of carboxylic acids is 1. The predicted octanol–water partition coefficient (Wildman–Crippen LogP) is 2.23. The first kappa shape index (κ1) is 19.6. The van der Waals surface area contributed by atoms with Gasteiger partial charge in [-0.1, -0.05) is 20.3 Å². The van der Waals surface area contributed by atoms with Gasteiger partial charge in [-0.2, -0.15) is 0 Å². The Morgan fingerprint density at radius 3 is 2.85 bits per heavy atom. The van der Waals surface area contributed by atoms with E-state index in [1.54, 1.807) is 0 Å². The van der Waals surface area contributed by atoms with Gasteiger partial charge in [-0.3, -0.25) is 9.79 Å². The summed E-state index contributed by atoms with van der Waals surface area (Å²) in [4.78, 5) is 18.2. The van der Waals surface area contributed by atoms with Crippen molar-refractivity contribution >= 4 is 11.8 Å². The average molecular weight is 365 g/mol. The number of aliphatic imine (C=N–C) groups is 1. The Morgan fingerprint density at radius 1 is 1.38 bits per heavy atom. The second-order valence-corrected chi connectivity index (χ2v) is 8.74. The van der Waals surface area contributed by atoms with Crippen LogP contribution >= 0.6 is 0 Å². The summed E-state index contributed by atoms with van der Waals surface area (Å²) in [5.74, 6) is 1.06. The minimum Gasteiger partial charge on any atom is -0.480 e. The molecule has 1 aliphatic carbocycles. The van der Waals surface area contributed by atoms with Crippen molar-refractivity contribution in [1.29, 1.82) is 0 Å². The number of rotatable bonds is 10. The largest absolute Gasteiger partial charge is 0.480 e. The number of carbonyl (C=O) groups is 1. The smallest absolute Gasteiger partial charge is 0.320 e. The van der Waals surface area contributed by atoms with Gasteiger partial charge in [0, 0.05) is 24.5 Å². The van der Waals surface area contributed by atoms with E-state index in [1.807, 2.05) is 0 Å². The Morgan fingerprint density at radius 2 is 2.15 bits per heavy atom. The number of nitrogens with one attached hydrogen (secondary N) is 1. The zero-order valence-electron chi connectivity index (χ0n) is 16.4. The van der Waals surface area contributed by atoms with Crippen LogP contribution in [0.5, 0.6) is 0 Å². The van der Waals surface area contributed by atoms with Gasteiger partial charge in [0.25, 0.3) is 0 Å². The van der Waals surface area contributed by atoms with E-state index in [1.165, 1.54) is 44.4 Å². The van der Waals surface area contributed by atoms with Crippen LogP contribution in [0.25, 0.3) is 0 Å². The predicted molar refractivity (Wildman–Crippen MR) is 104 cm³/mol. The summed E-state index contributed by atoms with van der Waals surface area (Å²) in [5, 5.41) is 12.5. The summed E-state index contributed by atoms with van der Waals surface area (Å²) in [6.45, 7) is 7.72. The lowest BCUT2D eigenvalue weighted by molar-refractivity contribution is -0.138. The first-order chi connectivity index (χ1) is 12.4. The molecule has 0 bridgehead atoms. The highest BCUT2D eigenvalue weighted by Crippen LogP contribution is 2.46. The molecular formula is C20H36N4O2. The van der Waals surface area contributed by atoms with Crippen LogP contribution in [-0.2, 0) is 4.79 Å². The molecule has 2 heterocycles. The van der Waals surface area contributed by atoms with E-state index in [9.17, 15) is 4.79 Å². The topological polar surface area (TPSA) is 91.0 Å². The van der Waals surface area contributed by atoms with Gasteiger partial charge in [0.15, 0.2) is 0 Å². The second kappa shape index (κ2) is 8.26. The molecule has 6 heteroatoms.